The van der Waals surface area contributed by atoms with E-state index in [1.807, 2.05) is 35.2 Å². The molecule has 2 aromatic rings. The van der Waals surface area contributed by atoms with Gasteiger partial charge in [-0.15, -0.1) is 10.2 Å². The van der Waals surface area contributed by atoms with Crippen molar-refractivity contribution in [3.63, 3.8) is 0 Å². The molecule has 0 bridgehead atoms. The monoisotopic (exact) mass is 397 g/mol. The lowest BCUT2D eigenvalue weighted by atomic mass is 10.1. The molecule has 154 valence electrons. The van der Waals surface area contributed by atoms with E-state index in [9.17, 15) is 4.79 Å². The number of carbonyl (C=O) groups excluding carboxylic acids is 1. The predicted octanol–water partition coefficient (Wildman–Crippen LogP) is 1.56. The fourth-order valence-corrected chi connectivity index (χ4v) is 3.46. The van der Waals surface area contributed by atoms with Gasteiger partial charge in [0.25, 0.3) is 0 Å². The summed E-state index contributed by atoms with van der Waals surface area (Å²) in [6.07, 6.45) is 2.39. The molecule has 8 heteroatoms. The summed E-state index contributed by atoms with van der Waals surface area (Å²) >= 11 is 0. The molecule has 1 aromatic carbocycles. The molecule has 0 atom stereocenters. The van der Waals surface area contributed by atoms with Crippen LogP contribution >= 0.6 is 0 Å². The predicted molar refractivity (Wildman–Crippen MR) is 110 cm³/mol. The molecule has 1 saturated carbocycles. The van der Waals surface area contributed by atoms with Gasteiger partial charge in [-0.3, -0.25) is 4.79 Å². The molecule has 0 radical (unpaired) electrons. The van der Waals surface area contributed by atoms with Crippen LogP contribution in [0.3, 0.4) is 0 Å². The summed E-state index contributed by atoms with van der Waals surface area (Å²) in [5.41, 5.74) is 1.61. The number of nitrogens with zero attached hydrogens (tertiary/aromatic N) is 4. The minimum Gasteiger partial charge on any atom is -0.497 e. The minimum atomic E-state index is 0.185. The first kappa shape index (κ1) is 19.4. The van der Waals surface area contributed by atoms with Gasteiger partial charge in [-0.05, 0) is 37.1 Å². The molecule has 4 rings (SSSR count). The number of carbonyl (C=O) groups is 1. The molecule has 0 unspecified atom stereocenters. The maximum atomic E-state index is 12.3. The highest BCUT2D eigenvalue weighted by Crippen LogP contribution is 2.32. The lowest BCUT2D eigenvalue weighted by molar-refractivity contribution is -0.130. The van der Waals surface area contributed by atoms with Gasteiger partial charge in [0.1, 0.15) is 11.5 Å². The minimum absolute atomic E-state index is 0.185. The van der Waals surface area contributed by atoms with Crippen molar-refractivity contribution in [2.24, 2.45) is 0 Å². The maximum absolute atomic E-state index is 12.3. The van der Waals surface area contributed by atoms with Crippen molar-refractivity contribution in [3.05, 3.63) is 30.3 Å². The normalized spacial score (nSPS) is 16.6. The van der Waals surface area contributed by atoms with Crippen molar-refractivity contribution < 1.29 is 14.3 Å². The SMILES string of the molecule is COc1ccc(-c2ccc(N3CCN(C(=O)CNC4CC4)CC3)nn2)c(OC)c1. The molecule has 8 nitrogen and oxygen atoms in total. The number of anilines is 1. The van der Waals surface area contributed by atoms with Crippen molar-refractivity contribution in [1.29, 1.82) is 0 Å². The molecule has 0 spiro atoms. The molecule has 1 saturated heterocycles. The van der Waals surface area contributed by atoms with Gasteiger partial charge in [-0.25, -0.2) is 0 Å². The zero-order valence-electron chi connectivity index (χ0n) is 16.9. The molecule has 1 aliphatic heterocycles. The van der Waals surface area contributed by atoms with Crippen LogP contribution < -0.4 is 19.7 Å². The molecule has 1 aliphatic carbocycles. The lowest BCUT2D eigenvalue weighted by Gasteiger charge is -2.35. The number of methoxy groups -OCH3 is 2. The Morgan fingerprint density at radius 2 is 1.86 bits per heavy atom. The average molecular weight is 397 g/mol. The summed E-state index contributed by atoms with van der Waals surface area (Å²) in [6.45, 7) is 3.38. The molecular weight excluding hydrogens is 370 g/mol. The van der Waals surface area contributed by atoms with E-state index >= 15 is 0 Å². The second kappa shape index (κ2) is 8.65. The highest BCUT2D eigenvalue weighted by atomic mass is 16.5. The Labute approximate surface area is 170 Å². The van der Waals surface area contributed by atoms with Crippen molar-refractivity contribution >= 4 is 11.7 Å². The molecule has 29 heavy (non-hydrogen) atoms. The third kappa shape index (κ3) is 4.59. The Balaban J connectivity index is 1.37. The fourth-order valence-electron chi connectivity index (χ4n) is 3.46. The van der Waals surface area contributed by atoms with Gasteiger partial charge in [0.15, 0.2) is 5.82 Å². The van der Waals surface area contributed by atoms with E-state index in [1.54, 1.807) is 14.2 Å². The van der Waals surface area contributed by atoms with E-state index in [4.69, 9.17) is 9.47 Å². The number of benzene rings is 1. The number of hydrogen-bond acceptors (Lipinski definition) is 7. The number of hydrogen-bond donors (Lipinski definition) is 1. The average Bonchev–Trinajstić information content (AvgIpc) is 3.62. The van der Waals surface area contributed by atoms with E-state index < -0.39 is 0 Å². The molecular formula is C21H27N5O3. The van der Waals surface area contributed by atoms with Crippen LogP contribution in [0.2, 0.25) is 0 Å². The van der Waals surface area contributed by atoms with Crippen LogP contribution in [0.4, 0.5) is 5.82 Å². The Hall–Kier alpha value is -2.87. The van der Waals surface area contributed by atoms with Gasteiger partial charge in [0.2, 0.25) is 5.91 Å². The number of ether oxygens (including phenoxy) is 2. The third-order valence-corrected chi connectivity index (χ3v) is 5.41. The fraction of sp³-hybridized carbons (Fsp3) is 0.476. The topological polar surface area (TPSA) is 79.8 Å². The van der Waals surface area contributed by atoms with Crippen molar-refractivity contribution in [2.45, 2.75) is 18.9 Å². The first-order valence-corrected chi connectivity index (χ1v) is 10.00. The van der Waals surface area contributed by atoms with Gasteiger partial charge in [-0.1, -0.05) is 0 Å². The van der Waals surface area contributed by atoms with Crippen LogP contribution in [0.5, 0.6) is 11.5 Å². The van der Waals surface area contributed by atoms with E-state index in [1.165, 1.54) is 12.8 Å². The van der Waals surface area contributed by atoms with Crippen LogP contribution in [0.1, 0.15) is 12.8 Å². The second-order valence-electron chi connectivity index (χ2n) is 7.37. The summed E-state index contributed by atoms with van der Waals surface area (Å²) in [7, 11) is 3.25. The van der Waals surface area contributed by atoms with E-state index in [0.29, 0.717) is 31.4 Å². The van der Waals surface area contributed by atoms with Gasteiger partial charge in [0.05, 0.1) is 26.5 Å². The van der Waals surface area contributed by atoms with Crippen LogP contribution in [0.25, 0.3) is 11.3 Å². The van der Waals surface area contributed by atoms with Gasteiger partial charge >= 0.3 is 0 Å². The molecule has 2 fully saturated rings. The maximum Gasteiger partial charge on any atom is 0.236 e. The van der Waals surface area contributed by atoms with Crippen LogP contribution in [-0.2, 0) is 4.79 Å². The Morgan fingerprint density at radius 3 is 2.48 bits per heavy atom. The highest BCUT2D eigenvalue weighted by Gasteiger charge is 2.25. The van der Waals surface area contributed by atoms with Crippen LogP contribution in [-0.4, -0.2) is 74.0 Å². The van der Waals surface area contributed by atoms with Gasteiger partial charge in [0, 0.05) is 43.9 Å². The smallest absolute Gasteiger partial charge is 0.236 e. The largest absolute Gasteiger partial charge is 0.497 e. The van der Waals surface area contributed by atoms with E-state index in [0.717, 1.165) is 35.9 Å². The van der Waals surface area contributed by atoms with Crippen LogP contribution in [0.15, 0.2) is 30.3 Å². The summed E-state index contributed by atoms with van der Waals surface area (Å²) in [5.74, 6) is 2.43. The second-order valence-corrected chi connectivity index (χ2v) is 7.37. The Bertz CT molecular complexity index is 846. The number of piperazine rings is 1. The number of amides is 1. The van der Waals surface area contributed by atoms with Crippen molar-refractivity contribution in [3.8, 4) is 22.8 Å². The molecule has 2 aliphatic rings. The zero-order valence-corrected chi connectivity index (χ0v) is 16.9. The van der Waals surface area contributed by atoms with Crippen molar-refractivity contribution in [2.75, 3.05) is 51.8 Å². The van der Waals surface area contributed by atoms with E-state index in [2.05, 4.69) is 20.4 Å². The first-order valence-electron chi connectivity index (χ1n) is 10.00. The highest BCUT2D eigenvalue weighted by molar-refractivity contribution is 5.78. The van der Waals surface area contributed by atoms with E-state index in [-0.39, 0.29) is 5.91 Å². The Kier molecular flexibility index (Phi) is 5.80. The summed E-state index contributed by atoms with van der Waals surface area (Å²) < 4.78 is 10.7. The molecule has 1 N–H and O–H groups in total. The molecule has 1 amide bonds. The van der Waals surface area contributed by atoms with Crippen molar-refractivity contribution in [1.82, 2.24) is 20.4 Å². The third-order valence-electron chi connectivity index (χ3n) is 5.41. The quantitative estimate of drug-likeness (QED) is 0.759. The van der Waals surface area contributed by atoms with Crippen LogP contribution in [0, 0.1) is 0 Å². The summed E-state index contributed by atoms with van der Waals surface area (Å²) in [4.78, 5) is 16.4. The molecule has 2 heterocycles. The summed E-state index contributed by atoms with van der Waals surface area (Å²) in [5, 5.41) is 12.1. The standard InChI is InChI=1S/C21H27N5O3/c1-28-16-5-6-17(19(13-16)29-2)18-7-8-20(24-23-18)25-9-11-26(12-10-25)21(27)14-22-15-3-4-15/h5-8,13,15,22H,3-4,9-12,14H2,1-2H3. The lowest BCUT2D eigenvalue weighted by Crippen LogP contribution is -2.51. The Morgan fingerprint density at radius 1 is 1.07 bits per heavy atom. The number of nitrogens with one attached hydrogen (secondary N) is 1. The van der Waals surface area contributed by atoms with Gasteiger partial charge < -0.3 is 24.6 Å². The molecule has 1 aromatic heterocycles. The van der Waals surface area contributed by atoms with Gasteiger partial charge in [-0.2, -0.15) is 0 Å². The number of aromatic nitrogens is 2. The summed E-state index contributed by atoms with van der Waals surface area (Å²) in [6, 6.07) is 10.1. The first-order chi connectivity index (χ1) is 14.2. The zero-order chi connectivity index (χ0) is 20.2. The number of rotatable bonds is 7.